The summed E-state index contributed by atoms with van der Waals surface area (Å²) in [5.41, 5.74) is 12.2. The highest BCUT2D eigenvalue weighted by Gasteiger charge is 2.33. The molecule has 0 saturated carbocycles. The number of ether oxygens (including phenoxy) is 1. The predicted molar refractivity (Wildman–Crippen MR) is 260 cm³/mol. The van der Waals surface area contributed by atoms with Crippen molar-refractivity contribution in [1.82, 2.24) is 9.55 Å². The molecule has 0 saturated heterocycles. The van der Waals surface area contributed by atoms with Crippen molar-refractivity contribution < 1.29 is 13.5 Å². The van der Waals surface area contributed by atoms with Gasteiger partial charge < -0.3 is 14.5 Å². The van der Waals surface area contributed by atoms with Crippen LogP contribution in [0.15, 0.2) is 164 Å². The van der Waals surface area contributed by atoms with Crippen molar-refractivity contribution >= 4 is 44.6 Å². The van der Waals surface area contributed by atoms with Crippen LogP contribution in [-0.2, 0) is 6.42 Å². The minimum atomic E-state index is -0.567. The molecule has 0 amide bonds. The minimum Gasteiger partial charge on any atom is -0.457 e. The largest absolute Gasteiger partial charge is 0.457 e. The van der Waals surface area contributed by atoms with Gasteiger partial charge in [-0.05, 0) is 131 Å². The fourth-order valence-corrected chi connectivity index (χ4v) is 9.44. The van der Waals surface area contributed by atoms with Crippen molar-refractivity contribution in [2.24, 2.45) is 0 Å². The van der Waals surface area contributed by atoms with E-state index < -0.39 is 11.6 Å². The Hall–Kier alpha value is -7.25. The summed E-state index contributed by atoms with van der Waals surface area (Å²) in [6.45, 7) is 11.3. The number of benzene rings is 7. The van der Waals surface area contributed by atoms with Gasteiger partial charge in [-0.25, -0.2) is 13.8 Å². The molecule has 7 heteroatoms. The quantitative estimate of drug-likeness (QED) is 0.130. The van der Waals surface area contributed by atoms with Crippen molar-refractivity contribution in [3.63, 3.8) is 0 Å². The van der Waals surface area contributed by atoms with Gasteiger partial charge in [0.05, 0.1) is 28.0 Å². The summed E-state index contributed by atoms with van der Waals surface area (Å²) in [6, 6.07) is 52.5. The Bertz CT molecular complexity index is 3140. The van der Waals surface area contributed by atoms with Crippen LogP contribution >= 0.6 is 0 Å². The van der Waals surface area contributed by atoms with Crippen molar-refractivity contribution in [3.8, 4) is 39.6 Å². The molecule has 5 nitrogen and oxygen atoms in total. The van der Waals surface area contributed by atoms with E-state index in [0.29, 0.717) is 18.0 Å². The number of fused-ring (bicyclic) bond motifs is 4. The normalized spacial score (nSPS) is 12.6. The first-order valence-corrected chi connectivity index (χ1v) is 22.3. The molecule has 0 fully saturated rings. The zero-order valence-corrected chi connectivity index (χ0v) is 36.8. The number of para-hydroxylation sites is 3. The van der Waals surface area contributed by atoms with E-state index in [1.54, 1.807) is 0 Å². The fraction of sp³-hybridized carbons (Fsp3) is 0.175. The van der Waals surface area contributed by atoms with Crippen molar-refractivity contribution in [2.75, 3.05) is 16.5 Å². The molecule has 0 bridgehead atoms. The average molecular weight is 845 g/mol. The maximum absolute atomic E-state index is 15.3. The summed E-state index contributed by atoms with van der Waals surface area (Å²) in [5.74, 6) is 1.31. The Morgan fingerprint density at radius 2 is 1.25 bits per heavy atom. The van der Waals surface area contributed by atoms with Gasteiger partial charge in [0.2, 0.25) is 0 Å². The molecular weight excluding hydrogens is 795 g/mol. The molecule has 1 aliphatic heterocycles. The number of anilines is 4. The number of nitrogens with zero attached hydrogens (tertiary/aromatic N) is 4. The smallest absolute Gasteiger partial charge is 0.137 e. The van der Waals surface area contributed by atoms with E-state index in [4.69, 9.17) is 9.72 Å². The molecular formula is C57H50F2N4O. The third kappa shape index (κ3) is 7.34. The summed E-state index contributed by atoms with van der Waals surface area (Å²) in [6.07, 6.45) is 3.95. The lowest BCUT2D eigenvalue weighted by Crippen LogP contribution is -2.26. The van der Waals surface area contributed by atoms with E-state index in [1.807, 2.05) is 24.4 Å². The van der Waals surface area contributed by atoms with Crippen molar-refractivity contribution in [2.45, 2.75) is 59.3 Å². The van der Waals surface area contributed by atoms with E-state index in [9.17, 15) is 0 Å². The summed E-state index contributed by atoms with van der Waals surface area (Å²) in [4.78, 5) is 9.57. The van der Waals surface area contributed by atoms with Gasteiger partial charge in [0.1, 0.15) is 35.6 Å². The molecule has 0 radical (unpaired) electrons. The van der Waals surface area contributed by atoms with Crippen molar-refractivity contribution in [1.29, 1.82) is 0 Å². The number of halogens is 2. The third-order valence-corrected chi connectivity index (χ3v) is 12.4. The minimum absolute atomic E-state index is 0.00464. The second-order valence-corrected chi connectivity index (χ2v) is 17.4. The highest BCUT2D eigenvalue weighted by Crippen LogP contribution is 2.50. The molecule has 0 unspecified atom stereocenters. The van der Waals surface area contributed by atoms with Gasteiger partial charge in [-0.15, -0.1) is 0 Å². The van der Waals surface area contributed by atoms with Gasteiger partial charge in [0, 0.05) is 40.5 Å². The van der Waals surface area contributed by atoms with Crippen LogP contribution in [0.5, 0.6) is 11.5 Å². The van der Waals surface area contributed by atoms with Crippen LogP contribution in [0.2, 0.25) is 0 Å². The molecule has 0 atom stereocenters. The first-order chi connectivity index (χ1) is 31.2. The molecule has 10 rings (SSSR count). The standard InChI is InChI=1S/C57H50F2N4O/c1-6-15-38-26-27-60-55(28-38)63-51-21-11-10-18-45(51)46-25-24-43(34-54(46)63)64-44-30-40(39-16-8-7-9-17-39)29-42(33-44)61-35-62(53-23-13-12-22-52(53)61)57-47(36(2)3)31-41(32-48(57)37(4)5)56-49(58)19-14-20-50(56)59/h7-14,16-34,36-37H,6,15,35H2,1-5H3. The Balaban J connectivity index is 1.09. The number of hydrogen-bond acceptors (Lipinski definition) is 4. The zero-order chi connectivity index (χ0) is 44.1. The van der Waals surface area contributed by atoms with Gasteiger partial charge in [-0.3, -0.25) is 4.57 Å². The molecule has 9 aromatic rings. The second-order valence-electron chi connectivity index (χ2n) is 17.4. The van der Waals surface area contributed by atoms with Gasteiger partial charge in [-0.1, -0.05) is 108 Å². The number of aromatic nitrogens is 2. The van der Waals surface area contributed by atoms with Crippen LogP contribution in [0.1, 0.15) is 69.6 Å². The lowest BCUT2D eigenvalue weighted by Gasteiger charge is -2.30. The van der Waals surface area contributed by atoms with E-state index in [0.717, 1.165) is 91.2 Å². The number of aryl methyl sites for hydroxylation is 1. The highest BCUT2D eigenvalue weighted by atomic mass is 19.1. The summed E-state index contributed by atoms with van der Waals surface area (Å²) < 4.78 is 39.8. The summed E-state index contributed by atoms with van der Waals surface area (Å²) in [5, 5.41) is 2.29. The maximum Gasteiger partial charge on any atom is 0.137 e. The topological polar surface area (TPSA) is 33.5 Å². The van der Waals surface area contributed by atoms with Gasteiger partial charge in [0.25, 0.3) is 0 Å². The van der Waals surface area contributed by atoms with Crippen LogP contribution < -0.4 is 14.5 Å². The number of pyridine rings is 1. The summed E-state index contributed by atoms with van der Waals surface area (Å²) >= 11 is 0. The van der Waals surface area contributed by atoms with Crippen LogP contribution in [0.25, 0.3) is 49.9 Å². The molecule has 3 heterocycles. The maximum atomic E-state index is 15.3. The van der Waals surface area contributed by atoms with Crippen molar-refractivity contribution in [3.05, 3.63) is 192 Å². The molecule has 1 aliphatic rings. The Kier molecular flexibility index (Phi) is 10.7. The van der Waals surface area contributed by atoms with Gasteiger partial charge in [0.15, 0.2) is 0 Å². The van der Waals surface area contributed by atoms with E-state index in [-0.39, 0.29) is 17.4 Å². The Morgan fingerprint density at radius 3 is 1.97 bits per heavy atom. The highest BCUT2D eigenvalue weighted by molar-refractivity contribution is 6.09. The van der Waals surface area contributed by atoms with E-state index in [2.05, 4.69) is 170 Å². The first-order valence-electron chi connectivity index (χ1n) is 22.3. The Morgan fingerprint density at radius 1 is 0.578 bits per heavy atom. The number of rotatable bonds is 11. The van der Waals surface area contributed by atoms with Crippen LogP contribution in [0.4, 0.5) is 31.5 Å². The summed E-state index contributed by atoms with van der Waals surface area (Å²) in [7, 11) is 0. The molecule has 64 heavy (non-hydrogen) atoms. The third-order valence-electron chi connectivity index (χ3n) is 12.4. The Labute approximate surface area is 373 Å². The van der Waals surface area contributed by atoms with Crippen LogP contribution in [0.3, 0.4) is 0 Å². The van der Waals surface area contributed by atoms with E-state index in [1.165, 1.54) is 23.8 Å². The molecule has 318 valence electrons. The van der Waals surface area contributed by atoms with Crippen LogP contribution in [-0.4, -0.2) is 16.2 Å². The number of hydrogen-bond donors (Lipinski definition) is 0. The van der Waals surface area contributed by atoms with Gasteiger partial charge >= 0.3 is 0 Å². The molecule has 0 aliphatic carbocycles. The molecule has 0 spiro atoms. The predicted octanol–water partition coefficient (Wildman–Crippen LogP) is 16.0. The zero-order valence-electron chi connectivity index (χ0n) is 36.8. The molecule has 7 aromatic carbocycles. The lowest BCUT2D eigenvalue weighted by molar-refractivity contribution is 0.483. The first kappa shape index (κ1) is 40.8. The lowest BCUT2D eigenvalue weighted by atomic mass is 9.87. The fourth-order valence-electron chi connectivity index (χ4n) is 9.44. The van der Waals surface area contributed by atoms with Gasteiger partial charge in [-0.2, -0.15) is 0 Å². The van der Waals surface area contributed by atoms with E-state index >= 15 is 8.78 Å². The second kappa shape index (κ2) is 16.8. The molecule has 0 N–H and O–H groups in total. The van der Waals surface area contributed by atoms with Crippen LogP contribution in [0, 0.1) is 11.6 Å². The molecule has 2 aromatic heterocycles. The average Bonchev–Trinajstić information content (AvgIpc) is 3.85. The monoisotopic (exact) mass is 844 g/mol. The SMILES string of the molecule is CCCc1ccnc(-n2c3ccccc3c3ccc(Oc4cc(-c5ccccc5)cc(N5CN(c6c(C(C)C)cc(-c7c(F)cccc7F)cc6C(C)C)c6ccccc65)c4)cc32)c1.